The maximum Gasteiger partial charge on any atom is 0.311 e. The van der Waals surface area contributed by atoms with Crippen LogP contribution in [0.25, 0.3) is 0 Å². The van der Waals surface area contributed by atoms with Gasteiger partial charge in [-0.1, -0.05) is 13.8 Å². The van der Waals surface area contributed by atoms with Crippen LogP contribution in [-0.2, 0) is 9.53 Å². The highest BCUT2D eigenvalue weighted by Crippen LogP contribution is 2.37. The fourth-order valence-electron chi connectivity index (χ4n) is 2.91. The lowest BCUT2D eigenvalue weighted by atomic mass is 9.76. The Hall–Kier alpha value is -0.610. The van der Waals surface area contributed by atoms with Gasteiger partial charge in [0, 0.05) is 32.8 Å². The summed E-state index contributed by atoms with van der Waals surface area (Å²) in [5, 5.41) is 9.41. The molecule has 2 heterocycles. The first kappa shape index (κ1) is 11.9. The van der Waals surface area contributed by atoms with E-state index in [1.165, 1.54) is 0 Å². The summed E-state index contributed by atoms with van der Waals surface area (Å²) >= 11 is 0. The molecule has 0 saturated carbocycles. The van der Waals surface area contributed by atoms with Gasteiger partial charge in [-0.15, -0.1) is 0 Å². The van der Waals surface area contributed by atoms with Crippen molar-refractivity contribution in [3.63, 3.8) is 0 Å². The Kier molecular flexibility index (Phi) is 2.97. The van der Waals surface area contributed by atoms with E-state index in [1.54, 1.807) is 0 Å². The highest BCUT2D eigenvalue weighted by Gasteiger charge is 2.45. The summed E-state index contributed by atoms with van der Waals surface area (Å²) in [6.07, 6.45) is 1.30. The number of carbonyl (C=O) groups is 1. The van der Waals surface area contributed by atoms with Gasteiger partial charge < -0.3 is 14.7 Å². The molecule has 92 valence electrons. The van der Waals surface area contributed by atoms with E-state index in [0.717, 1.165) is 13.1 Å². The molecule has 0 amide bonds. The van der Waals surface area contributed by atoms with Gasteiger partial charge in [-0.25, -0.2) is 0 Å². The summed E-state index contributed by atoms with van der Waals surface area (Å²) in [7, 11) is 0. The molecule has 4 heteroatoms. The minimum Gasteiger partial charge on any atom is -0.481 e. The van der Waals surface area contributed by atoms with Gasteiger partial charge in [0.1, 0.15) is 0 Å². The molecule has 0 aliphatic carbocycles. The molecule has 2 aliphatic heterocycles. The molecule has 2 rings (SSSR count). The number of hydrogen-bond acceptors (Lipinski definition) is 3. The second kappa shape index (κ2) is 4.00. The van der Waals surface area contributed by atoms with E-state index >= 15 is 0 Å². The van der Waals surface area contributed by atoms with Crippen LogP contribution < -0.4 is 0 Å². The van der Waals surface area contributed by atoms with Crippen LogP contribution in [0.5, 0.6) is 0 Å². The Morgan fingerprint density at radius 3 is 2.31 bits per heavy atom. The Morgan fingerprint density at radius 2 is 1.88 bits per heavy atom. The summed E-state index contributed by atoms with van der Waals surface area (Å²) in [5.74, 6) is -0.652. The Balaban J connectivity index is 1.96. The smallest absolute Gasteiger partial charge is 0.311 e. The molecule has 1 N–H and O–H groups in total. The lowest BCUT2D eigenvalue weighted by molar-refractivity contribution is -0.159. The van der Waals surface area contributed by atoms with Crippen LogP contribution in [0.4, 0.5) is 0 Å². The Morgan fingerprint density at radius 1 is 1.31 bits per heavy atom. The molecular weight excluding hydrogens is 206 g/mol. The summed E-state index contributed by atoms with van der Waals surface area (Å²) in [6, 6.07) is 0. The predicted octanol–water partition coefficient (Wildman–Crippen LogP) is 1.21. The molecule has 0 bridgehead atoms. The lowest BCUT2D eigenvalue weighted by Gasteiger charge is -2.49. The van der Waals surface area contributed by atoms with Crippen LogP contribution in [0.1, 0.15) is 26.7 Å². The van der Waals surface area contributed by atoms with Gasteiger partial charge in [0.05, 0.1) is 5.41 Å². The minimum absolute atomic E-state index is 0.366. The van der Waals surface area contributed by atoms with Crippen molar-refractivity contribution in [2.75, 3.05) is 32.8 Å². The van der Waals surface area contributed by atoms with E-state index < -0.39 is 11.4 Å². The van der Waals surface area contributed by atoms with Gasteiger partial charge in [-0.05, 0) is 18.3 Å². The standard InChI is InChI=1S/C12H21NO3/c1-11(2)7-13(8-11)9-12(10(14)15)3-5-16-6-4-12/h3-9H2,1-2H3,(H,14,15). The van der Waals surface area contributed by atoms with Crippen LogP contribution >= 0.6 is 0 Å². The average molecular weight is 227 g/mol. The Labute approximate surface area is 96.6 Å². The van der Waals surface area contributed by atoms with Gasteiger partial charge >= 0.3 is 5.97 Å². The number of hydrogen-bond donors (Lipinski definition) is 1. The van der Waals surface area contributed by atoms with Crippen molar-refractivity contribution in [3.8, 4) is 0 Å². The molecule has 0 aromatic rings. The predicted molar refractivity (Wildman–Crippen MR) is 60.3 cm³/mol. The number of likely N-dealkylation sites (tertiary alicyclic amines) is 1. The molecule has 0 spiro atoms. The molecule has 0 aromatic heterocycles. The number of nitrogens with zero attached hydrogens (tertiary/aromatic N) is 1. The molecule has 0 aromatic carbocycles. The van der Waals surface area contributed by atoms with E-state index in [1.807, 2.05) is 0 Å². The van der Waals surface area contributed by atoms with Crippen molar-refractivity contribution < 1.29 is 14.6 Å². The molecule has 2 aliphatic rings. The highest BCUT2D eigenvalue weighted by molar-refractivity contribution is 5.75. The number of carboxylic acids is 1. The van der Waals surface area contributed by atoms with Crippen molar-refractivity contribution in [3.05, 3.63) is 0 Å². The minimum atomic E-state index is -0.652. The second-order valence-electron chi connectivity index (χ2n) is 6.01. The Bertz CT molecular complexity index is 274. The van der Waals surface area contributed by atoms with E-state index in [2.05, 4.69) is 18.7 Å². The van der Waals surface area contributed by atoms with Crippen molar-refractivity contribution in [1.29, 1.82) is 0 Å². The number of aliphatic carboxylic acids is 1. The zero-order valence-corrected chi connectivity index (χ0v) is 10.2. The zero-order chi connectivity index (χ0) is 11.8. The molecule has 0 atom stereocenters. The summed E-state index contributed by atoms with van der Waals surface area (Å²) < 4.78 is 5.27. The topological polar surface area (TPSA) is 49.8 Å². The monoisotopic (exact) mass is 227 g/mol. The maximum atomic E-state index is 11.4. The highest BCUT2D eigenvalue weighted by atomic mass is 16.5. The van der Waals surface area contributed by atoms with Crippen molar-refractivity contribution >= 4 is 5.97 Å². The molecule has 2 fully saturated rings. The van der Waals surface area contributed by atoms with Gasteiger partial charge in [0.25, 0.3) is 0 Å². The van der Waals surface area contributed by atoms with Crippen LogP contribution in [-0.4, -0.2) is 48.8 Å². The van der Waals surface area contributed by atoms with Gasteiger partial charge in [-0.3, -0.25) is 4.79 Å². The second-order valence-corrected chi connectivity index (χ2v) is 6.01. The van der Waals surface area contributed by atoms with Crippen LogP contribution in [0.2, 0.25) is 0 Å². The fraction of sp³-hybridized carbons (Fsp3) is 0.917. The van der Waals surface area contributed by atoms with Crippen LogP contribution in [0, 0.1) is 10.8 Å². The third-order valence-corrected chi connectivity index (χ3v) is 3.73. The van der Waals surface area contributed by atoms with E-state index in [-0.39, 0.29) is 0 Å². The third kappa shape index (κ3) is 2.23. The number of ether oxygens (including phenoxy) is 1. The quantitative estimate of drug-likeness (QED) is 0.787. The van der Waals surface area contributed by atoms with E-state index in [9.17, 15) is 9.90 Å². The summed E-state index contributed by atoms with van der Waals surface area (Å²) in [4.78, 5) is 13.7. The first-order valence-corrected chi connectivity index (χ1v) is 5.97. The average Bonchev–Trinajstić information content (AvgIpc) is 2.16. The van der Waals surface area contributed by atoms with Crippen molar-refractivity contribution in [2.24, 2.45) is 10.8 Å². The molecular formula is C12H21NO3. The first-order chi connectivity index (χ1) is 7.44. The maximum absolute atomic E-state index is 11.4. The van der Waals surface area contributed by atoms with E-state index in [4.69, 9.17) is 4.74 Å². The largest absolute Gasteiger partial charge is 0.481 e. The van der Waals surface area contributed by atoms with Gasteiger partial charge in [0.2, 0.25) is 0 Å². The van der Waals surface area contributed by atoms with Crippen molar-refractivity contribution in [2.45, 2.75) is 26.7 Å². The van der Waals surface area contributed by atoms with Crippen LogP contribution in [0.15, 0.2) is 0 Å². The SMILES string of the molecule is CC1(C)CN(CC2(C(=O)O)CCOCC2)C1. The molecule has 0 unspecified atom stereocenters. The van der Waals surface area contributed by atoms with Gasteiger partial charge in [-0.2, -0.15) is 0 Å². The van der Waals surface area contributed by atoms with Crippen molar-refractivity contribution in [1.82, 2.24) is 4.90 Å². The number of carboxylic acid groups (broad SMARTS) is 1. The lowest BCUT2D eigenvalue weighted by Crippen LogP contribution is -2.58. The van der Waals surface area contributed by atoms with E-state index in [0.29, 0.717) is 38.0 Å². The first-order valence-electron chi connectivity index (χ1n) is 5.97. The normalized spacial score (nSPS) is 28.4. The number of rotatable bonds is 3. The van der Waals surface area contributed by atoms with Crippen LogP contribution in [0.3, 0.4) is 0 Å². The fourth-order valence-corrected chi connectivity index (χ4v) is 2.91. The summed E-state index contributed by atoms with van der Waals surface area (Å²) in [5.41, 5.74) is -0.195. The molecule has 2 saturated heterocycles. The molecule has 0 radical (unpaired) electrons. The third-order valence-electron chi connectivity index (χ3n) is 3.73. The van der Waals surface area contributed by atoms with Gasteiger partial charge in [0.15, 0.2) is 0 Å². The summed E-state index contributed by atoms with van der Waals surface area (Å²) in [6.45, 7) is 8.34. The molecule has 4 nitrogen and oxygen atoms in total. The molecule has 16 heavy (non-hydrogen) atoms. The zero-order valence-electron chi connectivity index (χ0n) is 10.2.